The summed E-state index contributed by atoms with van der Waals surface area (Å²) in [5.74, 6) is 0. The van der Waals surface area contributed by atoms with Crippen LogP contribution in [-0.2, 0) is 0 Å². The molecule has 0 N–H and O–H groups in total. The zero-order valence-electron chi connectivity index (χ0n) is 41.5. The van der Waals surface area contributed by atoms with Crippen LogP contribution >= 0.6 is 11.3 Å². The van der Waals surface area contributed by atoms with Gasteiger partial charge in [-0.15, -0.1) is 11.3 Å². The summed E-state index contributed by atoms with van der Waals surface area (Å²) < 4.78 is 4.99. The highest BCUT2D eigenvalue weighted by Gasteiger charge is 2.25. The van der Waals surface area contributed by atoms with Crippen LogP contribution in [0.25, 0.3) is 92.2 Å². The first-order chi connectivity index (χ1) is 37.7. The predicted molar refractivity (Wildman–Crippen MR) is 325 cm³/mol. The fourth-order valence-electron chi connectivity index (χ4n) is 11.2. The number of aromatic nitrogens is 1. The van der Waals surface area contributed by atoms with Crippen molar-refractivity contribution in [3.8, 4) is 50.2 Å². The molecule has 0 amide bonds. The van der Waals surface area contributed by atoms with Crippen LogP contribution in [0.5, 0.6) is 0 Å². The largest absolute Gasteiger partial charge is 0.310 e. The molecule has 358 valence electrons. The summed E-state index contributed by atoms with van der Waals surface area (Å²) in [6.45, 7) is 0. The van der Waals surface area contributed by atoms with Gasteiger partial charge < -0.3 is 14.4 Å². The Balaban J connectivity index is 1.06. The topological polar surface area (TPSA) is 11.4 Å². The van der Waals surface area contributed by atoms with E-state index in [2.05, 4.69) is 312 Å². The first kappa shape index (κ1) is 44.9. The summed E-state index contributed by atoms with van der Waals surface area (Å²) >= 11 is 1.88. The van der Waals surface area contributed by atoms with Gasteiger partial charge in [-0.1, -0.05) is 200 Å². The van der Waals surface area contributed by atoms with Crippen molar-refractivity contribution in [2.75, 3.05) is 9.80 Å². The lowest BCUT2D eigenvalue weighted by Gasteiger charge is -2.30. The van der Waals surface area contributed by atoms with Gasteiger partial charge in [0, 0.05) is 76.3 Å². The molecule has 12 aromatic carbocycles. The number of fused-ring (bicyclic) bond motifs is 7. The molecule has 0 unspecified atom stereocenters. The van der Waals surface area contributed by atoms with Gasteiger partial charge in [0.25, 0.3) is 0 Å². The van der Waals surface area contributed by atoms with Crippen molar-refractivity contribution in [1.82, 2.24) is 4.57 Å². The van der Waals surface area contributed by atoms with Crippen molar-refractivity contribution >= 4 is 87.4 Å². The Morgan fingerprint density at radius 1 is 0.276 bits per heavy atom. The lowest BCUT2D eigenvalue weighted by molar-refractivity contribution is 1.19. The molecule has 0 aliphatic rings. The van der Waals surface area contributed by atoms with E-state index in [9.17, 15) is 0 Å². The molecule has 0 radical (unpaired) electrons. The minimum atomic E-state index is 1.04. The zero-order valence-corrected chi connectivity index (χ0v) is 42.4. The Hall–Kier alpha value is -9.74. The Morgan fingerprint density at radius 3 is 1.17 bits per heavy atom. The Kier molecular flexibility index (Phi) is 11.4. The minimum Gasteiger partial charge on any atom is -0.310 e. The van der Waals surface area contributed by atoms with Crippen LogP contribution in [0, 0.1) is 0 Å². The van der Waals surface area contributed by atoms with Gasteiger partial charge in [-0.2, -0.15) is 0 Å². The minimum absolute atomic E-state index is 1.04. The second kappa shape index (κ2) is 19.3. The maximum Gasteiger partial charge on any atom is 0.0634 e. The SMILES string of the molecule is c1ccc(-c2ccc(N(c3ccccc3)c3cc(-c4cc5c6ccccc6n(-c6ccccc6)c5c5c4sc4ccccc45)cc(N(c4ccc(-c5ccccc5)cc4)c4ccc(-c5ccccc5)cc4)c3)cc2)cc1. The number of nitrogens with zero attached hydrogens (tertiary/aromatic N) is 3. The van der Waals surface area contributed by atoms with E-state index in [1.54, 1.807) is 0 Å². The van der Waals surface area contributed by atoms with Crippen LogP contribution in [-0.4, -0.2) is 4.57 Å². The van der Waals surface area contributed by atoms with Crippen molar-refractivity contribution in [2.24, 2.45) is 0 Å². The van der Waals surface area contributed by atoms with Gasteiger partial charge in [0.05, 0.1) is 11.0 Å². The molecule has 0 atom stereocenters. The molecule has 0 aliphatic carbocycles. The van der Waals surface area contributed by atoms with Crippen molar-refractivity contribution in [3.63, 3.8) is 0 Å². The van der Waals surface area contributed by atoms with Gasteiger partial charge in [0.1, 0.15) is 0 Å². The van der Waals surface area contributed by atoms with E-state index >= 15 is 0 Å². The molecular weight excluding hydrogens is 939 g/mol. The zero-order chi connectivity index (χ0) is 50.4. The molecule has 0 spiro atoms. The third-order valence-electron chi connectivity index (χ3n) is 14.7. The van der Waals surface area contributed by atoms with E-state index in [-0.39, 0.29) is 0 Å². The fraction of sp³-hybridized carbons (Fsp3) is 0. The monoisotopic (exact) mass is 987 g/mol. The molecular formula is C72H49N3S. The first-order valence-electron chi connectivity index (χ1n) is 25.9. The highest BCUT2D eigenvalue weighted by atomic mass is 32.1. The van der Waals surface area contributed by atoms with Gasteiger partial charge in [0.2, 0.25) is 0 Å². The number of thiophene rings is 1. The summed E-state index contributed by atoms with van der Waals surface area (Å²) in [7, 11) is 0. The van der Waals surface area contributed by atoms with Crippen LogP contribution in [0.1, 0.15) is 0 Å². The van der Waals surface area contributed by atoms with Gasteiger partial charge in [-0.3, -0.25) is 0 Å². The molecule has 14 rings (SSSR count). The Morgan fingerprint density at radius 2 is 0.671 bits per heavy atom. The average Bonchev–Trinajstić information content (AvgIpc) is 4.17. The number of benzene rings is 12. The van der Waals surface area contributed by atoms with Crippen molar-refractivity contribution in [1.29, 1.82) is 0 Å². The van der Waals surface area contributed by atoms with Crippen LogP contribution in [0.15, 0.2) is 297 Å². The number of hydrogen-bond acceptors (Lipinski definition) is 3. The van der Waals surface area contributed by atoms with E-state index in [1.165, 1.54) is 80.9 Å². The average molecular weight is 988 g/mol. The lowest BCUT2D eigenvalue weighted by atomic mass is 9.97. The maximum absolute atomic E-state index is 2.48. The summed E-state index contributed by atoms with van der Waals surface area (Å²) in [5.41, 5.74) is 19.3. The summed E-state index contributed by atoms with van der Waals surface area (Å²) in [6, 6.07) is 108. The van der Waals surface area contributed by atoms with Crippen LogP contribution in [0.4, 0.5) is 34.1 Å². The normalized spacial score (nSPS) is 11.4. The quantitative estimate of drug-likeness (QED) is 0.128. The van der Waals surface area contributed by atoms with Crippen LogP contribution in [0.2, 0.25) is 0 Å². The number of hydrogen-bond donors (Lipinski definition) is 0. The summed E-state index contributed by atoms with van der Waals surface area (Å²) in [6.07, 6.45) is 0. The van der Waals surface area contributed by atoms with Crippen molar-refractivity contribution in [3.05, 3.63) is 297 Å². The second-order valence-electron chi connectivity index (χ2n) is 19.3. The molecule has 0 bridgehead atoms. The number of rotatable bonds is 11. The van der Waals surface area contributed by atoms with Gasteiger partial charge in [-0.25, -0.2) is 0 Å². The van der Waals surface area contributed by atoms with E-state index in [4.69, 9.17) is 0 Å². The van der Waals surface area contributed by atoms with Crippen molar-refractivity contribution < 1.29 is 0 Å². The molecule has 2 aromatic heterocycles. The van der Waals surface area contributed by atoms with E-state index in [0.29, 0.717) is 0 Å². The summed E-state index contributed by atoms with van der Waals surface area (Å²) in [4.78, 5) is 4.85. The highest BCUT2D eigenvalue weighted by Crippen LogP contribution is 2.50. The molecule has 0 saturated heterocycles. The molecule has 14 aromatic rings. The summed E-state index contributed by atoms with van der Waals surface area (Å²) in [5, 5.41) is 4.97. The highest BCUT2D eigenvalue weighted by molar-refractivity contribution is 7.26. The second-order valence-corrected chi connectivity index (χ2v) is 20.3. The van der Waals surface area contributed by atoms with E-state index in [1.807, 2.05) is 11.3 Å². The molecule has 0 aliphatic heterocycles. The van der Waals surface area contributed by atoms with Gasteiger partial charge >= 0.3 is 0 Å². The van der Waals surface area contributed by atoms with Crippen molar-refractivity contribution in [2.45, 2.75) is 0 Å². The number of para-hydroxylation sites is 3. The Bertz CT molecular complexity index is 4260. The third kappa shape index (κ3) is 8.09. The molecule has 76 heavy (non-hydrogen) atoms. The molecule has 4 heteroatoms. The predicted octanol–water partition coefficient (Wildman–Crippen LogP) is 20.8. The van der Waals surface area contributed by atoms with Crippen LogP contribution < -0.4 is 9.80 Å². The molecule has 0 saturated carbocycles. The van der Waals surface area contributed by atoms with E-state index < -0.39 is 0 Å². The smallest absolute Gasteiger partial charge is 0.0634 e. The fourth-order valence-corrected chi connectivity index (χ4v) is 12.4. The standard InChI is InChI=1S/C72H49N3S/c1-6-20-50(21-7-1)53-34-40-59(41-35-53)73(57-26-12-4-13-27-57)62-46-56(66-49-67-64-30-16-18-32-68(64)75(58-28-14-5-15-29-58)71(67)70-65-31-17-19-33-69(65)76-72(66)70)47-63(48-62)74(60-42-36-54(37-43-60)51-22-8-2-9-23-51)61-44-38-55(39-45-61)52-24-10-3-11-25-52/h1-49H. The molecule has 3 nitrogen and oxygen atoms in total. The number of anilines is 6. The Labute approximate surface area is 446 Å². The maximum atomic E-state index is 2.48. The first-order valence-corrected chi connectivity index (χ1v) is 26.7. The van der Waals surface area contributed by atoms with E-state index in [0.717, 1.165) is 45.4 Å². The lowest BCUT2D eigenvalue weighted by Crippen LogP contribution is -2.13. The van der Waals surface area contributed by atoms with Crippen LogP contribution in [0.3, 0.4) is 0 Å². The van der Waals surface area contributed by atoms with Gasteiger partial charge in [-0.05, 0) is 136 Å². The molecule has 0 fully saturated rings. The molecule has 2 heterocycles. The van der Waals surface area contributed by atoms with Gasteiger partial charge in [0.15, 0.2) is 0 Å². The third-order valence-corrected chi connectivity index (χ3v) is 15.9.